The van der Waals surface area contributed by atoms with Crippen molar-refractivity contribution in [2.24, 2.45) is 0 Å². The van der Waals surface area contributed by atoms with Gasteiger partial charge in [0, 0.05) is 5.56 Å². The molecule has 1 amide bonds. The Kier molecular flexibility index (Phi) is 5.16. The molecule has 1 fully saturated rings. The minimum Gasteiger partial charge on any atom is -0.475 e. The highest BCUT2D eigenvalue weighted by Crippen LogP contribution is 2.25. The first-order chi connectivity index (χ1) is 10.5. The Morgan fingerprint density at radius 2 is 2.09 bits per heavy atom. The second kappa shape index (κ2) is 7.08. The largest absolute Gasteiger partial charge is 0.475 e. The predicted molar refractivity (Wildman–Crippen MR) is 79.5 cm³/mol. The highest BCUT2D eigenvalue weighted by molar-refractivity contribution is 5.94. The van der Waals surface area contributed by atoms with E-state index in [1.165, 1.54) is 0 Å². The molecule has 0 aliphatic heterocycles. The van der Waals surface area contributed by atoms with E-state index in [9.17, 15) is 13.6 Å². The van der Waals surface area contributed by atoms with Crippen LogP contribution in [0, 0.1) is 24.0 Å². The number of carbonyl (C=O) groups excluding carboxylic acids is 1. The summed E-state index contributed by atoms with van der Waals surface area (Å²) < 4.78 is 32.4. The lowest BCUT2D eigenvalue weighted by atomic mass is 9.91. The van der Waals surface area contributed by atoms with Crippen molar-refractivity contribution in [3.05, 3.63) is 41.5 Å². The molecule has 1 N–H and O–H groups in total. The van der Waals surface area contributed by atoms with Crippen LogP contribution < -0.4 is 10.1 Å². The van der Waals surface area contributed by atoms with Gasteiger partial charge in [-0.25, -0.2) is 8.78 Å². The zero-order valence-electron chi connectivity index (χ0n) is 12.1. The third kappa shape index (κ3) is 3.64. The molecule has 22 heavy (non-hydrogen) atoms. The van der Waals surface area contributed by atoms with Crippen LogP contribution in [0.15, 0.2) is 24.3 Å². The van der Waals surface area contributed by atoms with Crippen LogP contribution in [0.1, 0.15) is 36.0 Å². The Morgan fingerprint density at radius 3 is 2.68 bits per heavy atom. The third-order valence-electron chi connectivity index (χ3n) is 3.60. The minimum atomic E-state index is -0.956. The molecule has 1 aliphatic rings. The summed E-state index contributed by atoms with van der Waals surface area (Å²) in [5.74, 6) is -0.894. The topological polar surface area (TPSA) is 38.3 Å². The fourth-order valence-electron chi connectivity index (χ4n) is 2.44. The zero-order chi connectivity index (χ0) is 16.1. The van der Waals surface area contributed by atoms with Gasteiger partial charge in [-0.2, -0.15) is 0 Å². The van der Waals surface area contributed by atoms with Crippen molar-refractivity contribution in [2.75, 3.05) is 6.61 Å². The first-order valence-corrected chi connectivity index (χ1v) is 7.06. The number of benzene rings is 1. The SMILES string of the molecule is C#CCOc1c(F)cc(C(=O)NC2CCCCC2=C)cc1F. The Balaban J connectivity index is 2.13. The van der Waals surface area contributed by atoms with Gasteiger partial charge in [-0.3, -0.25) is 4.79 Å². The second-order valence-electron chi connectivity index (χ2n) is 5.19. The average molecular weight is 305 g/mol. The molecule has 0 bridgehead atoms. The summed E-state index contributed by atoms with van der Waals surface area (Å²) in [4.78, 5) is 12.1. The monoisotopic (exact) mass is 305 g/mol. The van der Waals surface area contributed by atoms with Gasteiger partial charge in [0.1, 0.15) is 6.61 Å². The minimum absolute atomic E-state index is 0.0959. The molecule has 0 spiro atoms. The van der Waals surface area contributed by atoms with Gasteiger partial charge >= 0.3 is 0 Å². The maximum Gasteiger partial charge on any atom is 0.251 e. The van der Waals surface area contributed by atoms with E-state index in [-0.39, 0.29) is 18.2 Å². The first-order valence-electron chi connectivity index (χ1n) is 7.06. The molecule has 5 heteroatoms. The van der Waals surface area contributed by atoms with Gasteiger partial charge in [0.25, 0.3) is 5.91 Å². The second-order valence-corrected chi connectivity index (χ2v) is 5.19. The maximum absolute atomic E-state index is 13.8. The standard InChI is InChI=1S/C17H17F2NO2/c1-3-8-22-16-13(18)9-12(10-14(16)19)17(21)20-15-7-5-4-6-11(15)2/h1,9-10,15H,2,4-8H2,(H,20,21). The summed E-state index contributed by atoms with van der Waals surface area (Å²) in [5.41, 5.74) is 0.843. The Hall–Kier alpha value is -2.35. The molecular weight excluding hydrogens is 288 g/mol. The van der Waals surface area contributed by atoms with Crippen LogP contribution in [0.2, 0.25) is 0 Å². The van der Waals surface area contributed by atoms with Crippen LogP contribution in [0.4, 0.5) is 8.78 Å². The van der Waals surface area contributed by atoms with Gasteiger partial charge in [-0.1, -0.05) is 24.5 Å². The highest BCUT2D eigenvalue weighted by atomic mass is 19.1. The van der Waals surface area contributed by atoms with E-state index >= 15 is 0 Å². The van der Waals surface area contributed by atoms with Crippen LogP contribution in [0.3, 0.4) is 0 Å². The Morgan fingerprint density at radius 1 is 1.41 bits per heavy atom. The fraction of sp³-hybridized carbons (Fsp3) is 0.353. The third-order valence-corrected chi connectivity index (χ3v) is 3.60. The number of nitrogens with one attached hydrogen (secondary N) is 1. The van der Waals surface area contributed by atoms with Gasteiger partial charge in [0.15, 0.2) is 17.4 Å². The number of halogens is 2. The summed E-state index contributed by atoms with van der Waals surface area (Å²) in [6.45, 7) is 3.67. The van der Waals surface area contributed by atoms with Gasteiger partial charge < -0.3 is 10.1 Å². The van der Waals surface area contributed by atoms with Gasteiger partial charge in [-0.05, 0) is 31.4 Å². The van der Waals surface area contributed by atoms with E-state index in [0.29, 0.717) is 0 Å². The number of amides is 1. The van der Waals surface area contributed by atoms with E-state index in [4.69, 9.17) is 11.2 Å². The lowest BCUT2D eigenvalue weighted by Crippen LogP contribution is -2.37. The summed E-state index contributed by atoms with van der Waals surface area (Å²) in [6, 6.07) is 1.73. The first kappa shape index (κ1) is 16.0. The number of carbonyl (C=O) groups is 1. The molecule has 2 rings (SSSR count). The Bertz CT molecular complexity index is 611. The molecule has 3 nitrogen and oxygen atoms in total. The molecule has 1 saturated carbocycles. The summed E-state index contributed by atoms with van der Waals surface area (Å²) >= 11 is 0. The van der Waals surface area contributed by atoms with Crippen molar-refractivity contribution in [3.8, 4) is 18.1 Å². The summed E-state index contributed by atoms with van der Waals surface area (Å²) in [5, 5.41) is 2.76. The van der Waals surface area contributed by atoms with Crippen molar-refractivity contribution in [2.45, 2.75) is 31.7 Å². The smallest absolute Gasteiger partial charge is 0.251 e. The van der Waals surface area contributed by atoms with Crippen LogP contribution in [-0.2, 0) is 0 Å². The summed E-state index contributed by atoms with van der Waals surface area (Å²) in [6.07, 6.45) is 8.67. The van der Waals surface area contributed by atoms with Gasteiger partial charge in [0.05, 0.1) is 6.04 Å². The molecule has 0 saturated heterocycles. The predicted octanol–water partition coefficient (Wildman–Crippen LogP) is 3.21. The van der Waals surface area contributed by atoms with Crippen molar-refractivity contribution in [1.82, 2.24) is 5.32 Å². The number of terminal acetylenes is 1. The fourth-order valence-corrected chi connectivity index (χ4v) is 2.44. The molecule has 116 valence electrons. The van der Waals surface area contributed by atoms with Gasteiger partial charge in [-0.15, -0.1) is 6.42 Å². The van der Waals surface area contributed by atoms with Crippen molar-refractivity contribution >= 4 is 5.91 Å². The molecule has 1 unspecified atom stereocenters. The maximum atomic E-state index is 13.8. The lowest BCUT2D eigenvalue weighted by molar-refractivity contribution is 0.0937. The highest BCUT2D eigenvalue weighted by Gasteiger charge is 2.22. The average Bonchev–Trinajstić information content (AvgIpc) is 2.48. The number of hydrogen-bond donors (Lipinski definition) is 1. The van der Waals surface area contributed by atoms with Crippen LogP contribution in [0.25, 0.3) is 0 Å². The van der Waals surface area contributed by atoms with E-state index in [1.807, 2.05) is 0 Å². The molecule has 0 aromatic heterocycles. The van der Waals surface area contributed by atoms with Crippen LogP contribution in [0.5, 0.6) is 5.75 Å². The molecule has 1 aliphatic carbocycles. The number of rotatable bonds is 4. The number of ether oxygens (including phenoxy) is 1. The lowest BCUT2D eigenvalue weighted by Gasteiger charge is -2.25. The quantitative estimate of drug-likeness (QED) is 0.685. The van der Waals surface area contributed by atoms with E-state index in [2.05, 4.69) is 17.8 Å². The molecule has 1 atom stereocenters. The number of hydrogen-bond acceptors (Lipinski definition) is 2. The van der Waals surface area contributed by atoms with Crippen LogP contribution in [-0.4, -0.2) is 18.6 Å². The normalized spacial score (nSPS) is 17.7. The molecular formula is C17H17F2NO2. The van der Waals surface area contributed by atoms with E-state index in [1.54, 1.807) is 0 Å². The Labute approximate surface area is 128 Å². The molecule has 1 aromatic rings. The summed E-state index contributed by atoms with van der Waals surface area (Å²) in [7, 11) is 0. The van der Waals surface area contributed by atoms with Crippen LogP contribution >= 0.6 is 0 Å². The van der Waals surface area contributed by atoms with Crippen molar-refractivity contribution in [1.29, 1.82) is 0 Å². The zero-order valence-corrected chi connectivity index (χ0v) is 12.1. The molecule has 1 aromatic carbocycles. The van der Waals surface area contributed by atoms with Crippen molar-refractivity contribution < 1.29 is 18.3 Å². The molecule has 0 radical (unpaired) electrons. The van der Waals surface area contributed by atoms with Crippen molar-refractivity contribution in [3.63, 3.8) is 0 Å². The van der Waals surface area contributed by atoms with Gasteiger partial charge in [0.2, 0.25) is 0 Å². The molecule has 0 heterocycles. The van der Waals surface area contributed by atoms with E-state index < -0.39 is 23.3 Å². The van der Waals surface area contributed by atoms with E-state index in [0.717, 1.165) is 43.4 Å².